The number of rotatable bonds is 34. The van der Waals surface area contributed by atoms with E-state index >= 15 is 0 Å². The van der Waals surface area contributed by atoms with Crippen molar-refractivity contribution in [2.45, 2.75) is 161 Å². The molecule has 0 aromatic carbocycles. The molecule has 0 aliphatic heterocycles. The summed E-state index contributed by atoms with van der Waals surface area (Å²) in [5.74, 6) is -0.707. The van der Waals surface area contributed by atoms with Gasteiger partial charge in [0.05, 0.1) is 6.61 Å². The first-order chi connectivity index (χ1) is 24.6. The van der Waals surface area contributed by atoms with Gasteiger partial charge in [0.1, 0.15) is 6.61 Å². The number of allylic oxidation sites excluding steroid dienone is 16. The highest BCUT2D eigenvalue weighted by atomic mass is 16.6. The van der Waals surface area contributed by atoms with Crippen LogP contribution in [0.3, 0.4) is 0 Å². The van der Waals surface area contributed by atoms with Crippen LogP contribution in [0.5, 0.6) is 0 Å². The number of esters is 2. The maximum Gasteiger partial charge on any atom is 0.306 e. The molecule has 5 nitrogen and oxygen atoms in total. The van der Waals surface area contributed by atoms with Gasteiger partial charge < -0.3 is 14.6 Å². The Bertz CT molecular complexity index is 1010. The van der Waals surface area contributed by atoms with Crippen molar-refractivity contribution in [3.63, 3.8) is 0 Å². The second kappa shape index (κ2) is 40.3. The van der Waals surface area contributed by atoms with Crippen molar-refractivity contribution in [1.29, 1.82) is 0 Å². The number of carbonyl (C=O) groups is 2. The lowest BCUT2D eigenvalue weighted by molar-refractivity contribution is -0.161. The van der Waals surface area contributed by atoms with Crippen LogP contribution in [-0.4, -0.2) is 36.4 Å². The summed E-state index contributed by atoms with van der Waals surface area (Å²) in [6.45, 7) is 3.91. The number of unbranched alkanes of at least 4 members (excludes halogenated alkanes) is 10. The molecule has 282 valence electrons. The van der Waals surface area contributed by atoms with Gasteiger partial charge in [-0.05, 0) is 83.5 Å². The third-order valence-corrected chi connectivity index (χ3v) is 7.88. The molecule has 0 radical (unpaired) electrons. The molecule has 50 heavy (non-hydrogen) atoms. The van der Waals surface area contributed by atoms with E-state index in [4.69, 9.17) is 9.47 Å². The highest BCUT2D eigenvalue weighted by Crippen LogP contribution is 2.11. The Labute approximate surface area is 307 Å². The zero-order valence-electron chi connectivity index (χ0n) is 31.9. The molecule has 0 aromatic heterocycles. The zero-order valence-corrected chi connectivity index (χ0v) is 31.9. The highest BCUT2D eigenvalue weighted by molar-refractivity contribution is 5.70. The Morgan fingerprint density at radius 3 is 1.38 bits per heavy atom. The first-order valence-corrected chi connectivity index (χ1v) is 19.8. The molecule has 0 aliphatic rings. The van der Waals surface area contributed by atoms with E-state index in [2.05, 4.69) is 98.9 Å². The maximum absolute atomic E-state index is 12.1. The molecule has 0 bridgehead atoms. The topological polar surface area (TPSA) is 72.8 Å². The summed E-state index contributed by atoms with van der Waals surface area (Å²) in [6, 6.07) is 0. The Hall–Kier alpha value is -3.18. The van der Waals surface area contributed by atoms with Gasteiger partial charge in [0.15, 0.2) is 6.10 Å². The molecule has 0 rings (SSSR count). The van der Waals surface area contributed by atoms with Crippen molar-refractivity contribution in [3.05, 3.63) is 97.2 Å². The predicted molar refractivity (Wildman–Crippen MR) is 214 cm³/mol. The van der Waals surface area contributed by atoms with Crippen molar-refractivity contribution in [1.82, 2.24) is 0 Å². The van der Waals surface area contributed by atoms with Crippen LogP contribution < -0.4 is 0 Å². The first kappa shape index (κ1) is 46.8. The molecule has 1 atom stereocenters. The third-order valence-electron chi connectivity index (χ3n) is 7.88. The summed E-state index contributed by atoms with van der Waals surface area (Å²) in [4.78, 5) is 24.2. The number of carbonyl (C=O) groups excluding carboxylic acids is 2. The molecule has 5 heteroatoms. The van der Waals surface area contributed by atoms with Crippen LogP contribution in [0.2, 0.25) is 0 Å². The molecule has 1 unspecified atom stereocenters. The molecular weight excluding hydrogens is 620 g/mol. The van der Waals surface area contributed by atoms with Crippen LogP contribution in [0, 0.1) is 0 Å². The van der Waals surface area contributed by atoms with E-state index in [0.29, 0.717) is 12.8 Å². The minimum Gasteiger partial charge on any atom is -0.462 e. The Kier molecular flexibility index (Phi) is 37.7. The summed E-state index contributed by atoms with van der Waals surface area (Å²) in [7, 11) is 0. The van der Waals surface area contributed by atoms with Crippen molar-refractivity contribution >= 4 is 11.9 Å². The van der Waals surface area contributed by atoms with Crippen molar-refractivity contribution < 1.29 is 24.2 Å². The molecule has 0 saturated heterocycles. The maximum atomic E-state index is 12.1. The molecule has 0 saturated carbocycles. The molecule has 0 heterocycles. The monoisotopic (exact) mass is 693 g/mol. The fourth-order valence-electron chi connectivity index (χ4n) is 4.90. The van der Waals surface area contributed by atoms with E-state index in [1.165, 1.54) is 51.4 Å². The molecule has 0 fully saturated rings. The Morgan fingerprint density at radius 2 is 0.900 bits per heavy atom. The van der Waals surface area contributed by atoms with E-state index in [1.807, 2.05) is 12.2 Å². The van der Waals surface area contributed by atoms with Crippen LogP contribution in [0.4, 0.5) is 0 Å². The van der Waals surface area contributed by atoms with Crippen LogP contribution in [0.15, 0.2) is 97.2 Å². The van der Waals surface area contributed by atoms with E-state index in [1.54, 1.807) is 0 Å². The predicted octanol–water partition coefficient (Wildman–Crippen LogP) is 12.5. The largest absolute Gasteiger partial charge is 0.462 e. The molecule has 0 aliphatic carbocycles. The van der Waals surface area contributed by atoms with Gasteiger partial charge in [0.25, 0.3) is 0 Å². The summed E-state index contributed by atoms with van der Waals surface area (Å²) < 4.78 is 10.5. The zero-order chi connectivity index (χ0) is 36.4. The molecule has 0 aromatic rings. The van der Waals surface area contributed by atoms with Crippen molar-refractivity contribution in [2.24, 2.45) is 0 Å². The minimum atomic E-state index is -0.821. The Balaban J connectivity index is 3.74. The second-order valence-corrected chi connectivity index (χ2v) is 12.6. The van der Waals surface area contributed by atoms with Crippen LogP contribution in [0.1, 0.15) is 155 Å². The fraction of sp³-hybridized carbons (Fsp3) is 0.600. The van der Waals surface area contributed by atoms with Gasteiger partial charge in [0, 0.05) is 12.8 Å². The average molecular weight is 693 g/mol. The normalized spacial score (nSPS) is 13.3. The van der Waals surface area contributed by atoms with Gasteiger partial charge in [-0.15, -0.1) is 0 Å². The summed E-state index contributed by atoms with van der Waals surface area (Å²) in [6.07, 6.45) is 56.2. The van der Waals surface area contributed by atoms with E-state index < -0.39 is 12.1 Å². The molecule has 0 spiro atoms. The number of aliphatic hydroxyl groups excluding tert-OH is 1. The van der Waals surface area contributed by atoms with E-state index in [0.717, 1.165) is 70.6 Å². The van der Waals surface area contributed by atoms with Crippen LogP contribution in [-0.2, 0) is 19.1 Å². The lowest BCUT2D eigenvalue weighted by Gasteiger charge is -2.15. The lowest BCUT2D eigenvalue weighted by Crippen LogP contribution is -2.28. The number of ether oxygens (including phenoxy) is 2. The SMILES string of the molecule is CCC=CCC=CCC=CCC=CCC=CCC=CCCC(=O)OC(CO)COC(=O)CCCCCCCCCC=CCC=CCCCCC. The molecule has 0 amide bonds. The van der Waals surface area contributed by atoms with Gasteiger partial charge in [-0.3, -0.25) is 9.59 Å². The standard InChI is InChI=1S/C45H72O5/c1-3-5-7-9-11-13-15-17-19-21-22-24-26-28-30-32-34-36-38-40-45(48)50-43(41-46)42-49-44(47)39-37-35-33-31-29-27-25-23-20-18-16-14-12-10-8-6-4-2/h5,7,11-14,17-20,22,24,28,30,34,36,43,46H,3-4,6,8-10,15-16,21,23,25-27,29,31-33,35,37-42H2,1-2H3. The lowest BCUT2D eigenvalue weighted by atomic mass is 10.1. The van der Waals surface area contributed by atoms with Gasteiger partial charge in [0.2, 0.25) is 0 Å². The smallest absolute Gasteiger partial charge is 0.306 e. The third kappa shape index (κ3) is 37.6. The summed E-state index contributed by atoms with van der Waals surface area (Å²) in [5, 5.41) is 9.55. The van der Waals surface area contributed by atoms with Gasteiger partial charge in [-0.2, -0.15) is 0 Å². The van der Waals surface area contributed by atoms with Crippen LogP contribution in [0.25, 0.3) is 0 Å². The number of hydrogen-bond donors (Lipinski definition) is 1. The van der Waals surface area contributed by atoms with Crippen molar-refractivity contribution in [2.75, 3.05) is 13.2 Å². The van der Waals surface area contributed by atoms with Crippen molar-refractivity contribution in [3.8, 4) is 0 Å². The number of hydrogen-bond acceptors (Lipinski definition) is 5. The van der Waals surface area contributed by atoms with Gasteiger partial charge in [-0.1, -0.05) is 156 Å². The van der Waals surface area contributed by atoms with E-state index in [9.17, 15) is 14.7 Å². The van der Waals surface area contributed by atoms with Gasteiger partial charge in [-0.25, -0.2) is 0 Å². The fourth-order valence-corrected chi connectivity index (χ4v) is 4.90. The molecular formula is C45H72O5. The highest BCUT2D eigenvalue weighted by Gasteiger charge is 2.15. The minimum absolute atomic E-state index is 0.106. The van der Waals surface area contributed by atoms with Crippen LogP contribution >= 0.6 is 0 Å². The summed E-state index contributed by atoms with van der Waals surface area (Å²) >= 11 is 0. The number of aliphatic hydroxyl groups is 1. The van der Waals surface area contributed by atoms with E-state index in [-0.39, 0.29) is 25.6 Å². The summed E-state index contributed by atoms with van der Waals surface area (Å²) in [5.41, 5.74) is 0. The quantitative estimate of drug-likeness (QED) is 0.0413. The molecule has 1 N–H and O–H groups in total. The van der Waals surface area contributed by atoms with Gasteiger partial charge >= 0.3 is 11.9 Å². The Morgan fingerprint density at radius 1 is 0.480 bits per heavy atom. The first-order valence-electron chi connectivity index (χ1n) is 19.8. The average Bonchev–Trinajstić information content (AvgIpc) is 3.12. The second-order valence-electron chi connectivity index (χ2n) is 12.6.